The first-order valence-electron chi connectivity index (χ1n) is 9.35. The third-order valence-electron chi connectivity index (χ3n) is 4.95. The maximum absolute atomic E-state index is 13.4. The summed E-state index contributed by atoms with van der Waals surface area (Å²) in [5.74, 6) is -0.652. The van der Waals surface area contributed by atoms with E-state index < -0.39 is 0 Å². The summed E-state index contributed by atoms with van der Waals surface area (Å²) in [6.07, 6.45) is 1.50. The van der Waals surface area contributed by atoms with Crippen molar-refractivity contribution in [2.24, 2.45) is 5.92 Å². The summed E-state index contributed by atoms with van der Waals surface area (Å²) in [6, 6.07) is 5.69. The van der Waals surface area contributed by atoms with Gasteiger partial charge in [0.15, 0.2) is 0 Å². The van der Waals surface area contributed by atoms with Crippen LogP contribution in [0.15, 0.2) is 28.1 Å². The summed E-state index contributed by atoms with van der Waals surface area (Å²) < 4.78 is 10.5. The molecule has 3 aromatic rings. The van der Waals surface area contributed by atoms with Gasteiger partial charge in [-0.3, -0.25) is 9.59 Å². The number of pyridine rings is 1. The second-order valence-corrected chi connectivity index (χ2v) is 7.77. The number of hydrogen-bond acceptors (Lipinski definition) is 7. The van der Waals surface area contributed by atoms with Crippen molar-refractivity contribution < 1.29 is 18.8 Å². The molecule has 4 heterocycles. The summed E-state index contributed by atoms with van der Waals surface area (Å²) in [6.45, 7) is 4.90. The molecule has 1 saturated heterocycles. The van der Waals surface area contributed by atoms with Gasteiger partial charge < -0.3 is 14.2 Å². The van der Waals surface area contributed by atoms with E-state index in [1.807, 2.05) is 17.5 Å². The van der Waals surface area contributed by atoms with Gasteiger partial charge in [-0.2, -0.15) is 0 Å². The van der Waals surface area contributed by atoms with Crippen LogP contribution in [0.1, 0.15) is 35.8 Å². The van der Waals surface area contributed by atoms with Crippen LogP contribution in [-0.2, 0) is 9.53 Å². The number of piperidine rings is 1. The van der Waals surface area contributed by atoms with E-state index in [1.165, 1.54) is 0 Å². The van der Waals surface area contributed by atoms with Crippen LogP contribution in [0, 0.1) is 12.8 Å². The number of amides is 1. The Morgan fingerprint density at radius 2 is 2.29 bits per heavy atom. The molecule has 0 radical (unpaired) electrons. The minimum absolute atomic E-state index is 0.134. The van der Waals surface area contributed by atoms with Crippen molar-refractivity contribution in [3.8, 4) is 10.6 Å². The van der Waals surface area contributed by atoms with Gasteiger partial charge in [0, 0.05) is 13.1 Å². The number of aromatic nitrogens is 2. The summed E-state index contributed by atoms with van der Waals surface area (Å²) in [5, 5.41) is 6.58. The number of carbonyl (C=O) groups is 2. The zero-order chi connectivity index (χ0) is 19.7. The molecule has 7 nitrogen and oxygen atoms in total. The van der Waals surface area contributed by atoms with E-state index in [2.05, 4.69) is 10.1 Å². The van der Waals surface area contributed by atoms with Crippen molar-refractivity contribution in [1.29, 1.82) is 0 Å². The van der Waals surface area contributed by atoms with Crippen LogP contribution in [0.3, 0.4) is 0 Å². The van der Waals surface area contributed by atoms with E-state index in [4.69, 9.17) is 9.26 Å². The van der Waals surface area contributed by atoms with Crippen molar-refractivity contribution in [1.82, 2.24) is 15.0 Å². The lowest BCUT2D eigenvalue weighted by Crippen LogP contribution is -2.42. The molecule has 3 aromatic heterocycles. The fraction of sp³-hybridized carbons (Fsp3) is 0.400. The van der Waals surface area contributed by atoms with E-state index >= 15 is 0 Å². The predicted octanol–water partition coefficient (Wildman–Crippen LogP) is 3.68. The summed E-state index contributed by atoms with van der Waals surface area (Å²) in [5.41, 5.74) is 2.17. The maximum atomic E-state index is 13.4. The Kier molecular flexibility index (Phi) is 5.13. The van der Waals surface area contributed by atoms with E-state index in [-0.39, 0.29) is 17.8 Å². The third-order valence-corrected chi connectivity index (χ3v) is 5.84. The molecule has 146 valence electrons. The Bertz CT molecular complexity index is 1010. The van der Waals surface area contributed by atoms with Crippen molar-refractivity contribution in [3.05, 3.63) is 34.8 Å². The second kappa shape index (κ2) is 7.71. The molecule has 1 amide bonds. The highest BCUT2D eigenvalue weighted by Gasteiger charge is 2.31. The molecule has 1 atom stereocenters. The van der Waals surface area contributed by atoms with Gasteiger partial charge in [0.25, 0.3) is 11.6 Å². The number of esters is 1. The van der Waals surface area contributed by atoms with E-state index in [0.717, 1.165) is 17.7 Å². The number of carbonyl (C=O) groups excluding carboxylic acids is 2. The standard InChI is InChI=1S/C20H21N3O4S/c1-3-26-20(25)13-6-4-8-23(11-13)19(24)14-10-15(16-7-5-9-28-16)21-18-17(14)12(2)22-27-18/h5,7,9-10,13H,3-4,6,8,11H2,1-2H3/t13-/m0/s1. The SMILES string of the molecule is CCOC(=O)[C@H]1CCCN(C(=O)c2cc(-c3cccs3)nc3onc(C)c23)C1. The average Bonchev–Trinajstić information content (AvgIpc) is 3.37. The first kappa shape index (κ1) is 18.6. The monoisotopic (exact) mass is 399 g/mol. The first-order valence-corrected chi connectivity index (χ1v) is 10.2. The number of hydrogen-bond donors (Lipinski definition) is 0. The van der Waals surface area contributed by atoms with Crippen LogP contribution in [-0.4, -0.2) is 46.6 Å². The van der Waals surface area contributed by atoms with Gasteiger partial charge >= 0.3 is 5.97 Å². The first-order chi connectivity index (χ1) is 13.6. The van der Waals surface area contributed by atoms with Crippen LogP contribution in [0.25, 0.3) is 21.7 Å². The Morgan fingerprint density at radius 1 is 1.43 bits per heavy atom. The molecule has 28 heavy (non-hydrogen) atoms. The second-order valence-electron chi connectivity index (χ2n) is 6.82. The summed E-state index contributed by atoms with van der Waals surface area (Å²) in [7, 11) is 0. The number of ether oxygens (including phenoxy) is 1. The molecule has 1 aliphatic heterocycles. The largest absolute Gasteiger partial charge is 0.466 e. The number of rotatable bonds is 4. The predicted molar refractivity (Wildman–Crippen MR) is 105 cm³/mol. The van der Waals surface area contributed by atoms with Crippen LogP contribution >= 0.6 is 11.3 Å². The molecule has 0 bridgehead atoms. The van der Waals surface area contributed by atoms with Crippen molar-refractivity contribution in [3.63, 3.8) is 0 Å². The molecular formula is C20H21N3O4S. The van der Waals surface area contributed by atoms with Gasteiger partial charge in [-0.1, -0.05) is 11.2 Å². The molecule has 0 aromatic carbocycles. The van der Waals surface area contributed by atoms with Gasteiger partial charge in [-0.15, -0.1) is 11.3 Å². The third kappa shape index (κ3) is 3.40. The summed E-state index contributed by atoms with van der Waals surface area (Å²) >= 11 is 1.55. The average molecular weight is 399 g/mol. The number of aryl methyl sites for hydroxylation is 1. The lowest BCUT2D eigenvalue weighted by molar-refractivity contribution is -0.149. The van der Waals surface area contributed by atoms with Gasteiger partial charge in [0.2, 0.25) is 0 Å². The molecule has 8 heteroatoms. The highest BCUT2D eigenvalue weighted by atomic mass is 32.1. The zero-order valence-electron chi connectivity index (χ0n) is 15.8. The normalized spacial score (nSPS) is 17.1. The fourth-order valence-electron chi connectivity index (χ4n) is 3.60. The van der Waals surface area contributed by atoms with Crippen LogP contribution in [0.5, 0.6) is 0 Å². The van der Waals surface area contributed by atoms with Gasteiger partial charge in [0.05, 0.1) is 39.7 Å². The Labute approximate surface area is 166 Å². The molecule has 0 aliphatic carbocycles. The molecule has 1 fully saturated rings. The van der Waals surface area contributed by atoms with Crippen LogP contribution in [0.4, 0.5) is 0 Å². The van der Waals surface area contributed by atoms with Gasteiger partial charge in [-0.05, 0) is 44.2 Å². The van der Waals surface area contributed by atoms with Crippen molar-refractivity contribution >= 4 is 34.3 Å². The molecule has 0 saturated carbocycles. The Morgan fingerprint density at radius 3 is 3.04 bits per heavy atom. The summed E-state index contributed by atoms with van der Waals surface area (Å²) in [4.78, 5) is 32.7. The van der Waals surface area contributed by atoms with Gasteiger partial charge in [0.1, 0.15) is 0 Å². The molecule has 4 rings (SSSR count). The Hall–Kier alpha value is -2.74. The quantitative estimate of drug-likeness (QED) is 0.622. The number of fused-ring (bicyclic) bond motifs is 1. The number of nitrogens with zero attached hydrogens (tertiary/aromatic N) is 3. The van der Waals surface area contributed by atoms with Crippen molar-refractivity contribution in [2.75, 3.05) is 19.7 Å². The highest BCUT2D eigenvalue weighted by Crippen LogP contribution is 2.31. The molecular weight excluding hydrogens is 378 g/mol. The Balaban J connectivity index is 1.70. The molecule has 0 spiro atoms. The van der Waals surface area contributed by atoms with Gasteiger partial charge in [-0.25, -0.2) is 4.98 Å². The molecule has 0 N–H and O–H groups in total. The number of thiophene rings is 1. The molecule has 1 aliphatic rings. The van der Waals surface area contributed by atoms with Crippen molar-refractivity contribution in [2.45, 2.75) is 26.7 Å². The molecule has 0 unspecified atom stereocenters. The maximum Gasteiger partial charge on any atom is 0.310 e. The fourth-order valence-corrected chi connectivity index (χ4v) is 4.28. The number of likely N-dealkylation sites (tertiary alicyclic amines) is 1. The van der Waals surface area contributed by atoms with E-state index in [9.17, 15) is 9.59 Å². The minimum atomic E-state index is -0.282. The topological polar surface area (TPSA) is 85.5 Å². The minimum Gasteiger partial charge on any atom is -0.466 e. The lowest BCUT2D eigenvalue weighted by atomic mass is 9.97. The van der Waals surface area contributed by atoms with Crippen LogP contribution < -0.4 is 0 Å². The smallest absolute Gasteiger partial charge is 0.310 e. The lowest BCUT2D eigenvalue weighted by Gasteiger charge is -2.31. The van der Waals surface area contributed by atoms with E-state index in [1.54, 1.807) is 36.2 Å². The van der Waals surface area contributed by atoms with E-state index in [0.29, 0.717) is 47.7 Å². The highest BCUT2D eigenvalue weighted by molar-refractivity contribution is 7.13. The van der Waals surface area contributed by atoms with Crippen LogP contribution in [0.2, 0.25) is 0 Å². The zero-order valence-corrected chi connectivity index (χ0v) is 16.6.